The molecule has 0 atom stereocenters. The minimum absolute atomic E-state index is 0.535. The minimum Gasteiger partial charge on any atom is -0.339 e. The molecule has 2 aromatic heterocycles. The van der Waals surface area contributed by atoms with Gasteiger partial charge in [0.15, 0.2) is 0 Å². The molecular weight excluding hydrogens is 226 g/mol. The molecule has 5 heteroatoms. The maximum Gasteiger partial charge on any atom is 0.227 e. The number of halogens is 1. The number of pyridine rings is 1. The molecule has 0 N–H and O–H groups in total. The second-order valence-corrected chi connectivity index (χ2v) is 3.90. The summed E-state index contributed by atoms with van der Waals surface area (Å²) in [6, 6.07) is 3.86. The first-order valence-corrected chi connectivity index (χ1v) is 5.64. The largest absolute Gasteiger partial charge is 0.339 e. The normalized spacial score (nSPS) is 10.6. The lowest BCUT2D eigenvalue weighted by Gasteiger charge is -1.94. The molecule has 4 nitrogen and oxygen atoms in total. The summed E-state index contributed by atoms with van der Waals surface area (Å²) in [5.41, 5.74) is 1.86. The Kier molecular flexibility index (Phi) is 3.51. The van der Waals surface area contributed by atoms with Gasteiger partial charge in [0, 0.05) is 18.5 Å². The first-order valence-electron chi connectivity index (χ1n) is 5.11. The highest BCUT2D eigenvalue weighted by Crippen LogP contribution is 2.14. The Balaban J connectivity index is 2.18. The van der Waals surface area contributed by atoms with Crippen molar-refractivity contribution in [2.24, 2.45) is 0 Å². The van der Waals surface area contributed by atoms with Crippen molar-refractivity contribution < 1.29 is 4.52 Å². The third-order valence-corrected chi connectivity index (χ3v) is 2.40. The van der Waals surface area contributed by atoms with E-state index in [0.717, 1.165) is 17.7 Å². The monoisotopic (exact) mass is 237 g/mol. The number of aryl methyl sites for hydroxylation is 2. The fraction of sp³-hybridized carbons (Fsp3) is 0.364. The van der Waals surface area contributed by atoms with E-state index in [9.17, 15) is 0 Å². The molecule has 84 valence electrons. The van der Waals surface area contributed by atoms with Gasteiger partial charge in [-0.1, -0.05) is 5.16 Å². The van der Waals surface area contributed by atoms with Gasteiger partial charge < -0.3 is 4.52 Å². The summed E-state index contributed by atoms with van der Waals surface area (Å²) in [6.07, 6.45) is 3.28. The van der Waals surface area contributed by atoms with Crippen molar-refractivity contribution in [3.63, 3.8) is 0 Å². The lowest BCUT2D eigenvalue weighted by molar-refractivity contribution is 0.378. The molecule has 0 spiro atoms. The van der Waals surface area contributed by atoms with E-state index in [1.54, 1.807) is 6.20 Å². The Morgan fingerprint density at radius 1 is 1.44 bits per heavy atom. The van der Waals surface area contributed by atoms with Gasteiger partial charge >= 0.3 is 0 Å². The average Bonchev–Trinajstić information content (AvgIpc) is 2.75. The summed E-state index contributed by atoms with van der Waals surface area (Å²) in [5, 5.41) is 3.89. The van der Waals surface area contributed by atoms with Crippen molar-refractivity contribution in [1.82, 2.24) is 15.1 Å². The third-order valence-electron chi connectivity index (χ3n) is 2.14. The van der Waals surface area contributed by atoms with Crippen LogP contribution in [0.4, 0.5) is 0 Å². The van der Waals surface area contributed by atoms with E-state index >= 15 is 0 Å². The van der Waals surface area contributed by atoms with Crippen molar-refractivity contribution in [3.05, 3.63) is 29.8 Å². The van der Waals surface area contributed by atoms with Crippen molar-refractivity contribution in [3.8, 4) is 11.5 Å². The highest BCUT2D eigenvalue weighted by atomic mass is 35.5. The summed E-state index contributed by atoms with van der Waals surface area (Å²) in [6.45, 7) is 2.00. The zero-order valence-electron chi connectivity index (χ0n) is 8.98. The molecule has 0 fully saturated rings. The van der Waals surface area contributed by atoms with Crippen LogP contribution in [-0.4, -0.2) is 21.0 Å². The molecule has 0 amide bonds. The van der Waals surface area contributed by atoms with Crippen molar-refractivity contribution in [2.75, 3.05) is 5.88 Å². The quantitative estimate of drug-likeness (QED) is 0.767. The van der Waals surface area contributed by atoms with Crippen LogP contribution in [0.25, 0.3) is 11.5 Å². The maximum absolute atomic E-state index is 5.59. The minimum atomic E-state index is 0.535. The van der Waals surface area contributed by atoms with E-state index in [1.807, 2.05) is 19.1 Å². The van der Waals surface area contributed by atoms with Crippen LogP contribution in [0.2, 0.25) is 0 Å². The van der Waals surface area contributed by atoms with Crippen LogP contribution in [0.3, 0.4) is 0 Å². The predicted octanol–water partition coefficient (Wildman–Crippen LogP) is 2.61. The summed E-state index contributed by atoms with van der Waals surface area (Å²) in [5.74, 6) is 1.74. The van der Waals surface area contributed by atoms with E-state index in [4.69, 9.17) is 16.1 Å². The molecule has 0 bridgehead atoms. The first-order chi connectivity index (χ1) is 7.79. The van der Waals surface area contributed by atoms with Gasteiger partial charge in [0.2, 0.25) is 11.7 Å². The van der Waals surface area contributed by atoms with E-state index in [-0.39, 0.29) is 0 Å². The molecule has 0 aliphatic carbocycles. The molecule has 2 aromatic rings. The lowest BCUT2D eigenvalue weighted by Crippen LogP contribution is -1.88. The summed E-state index contributed by atoms with van der Waals surface area (Å²) >= 11 is 5.59. The summed E-state index contributed by atoms with van der Waals surface area (Å²) in [4.78, 5) is 8.45. The second-order valence-electron chi connectivity index (χ2n) is 3.52. The maximum atomic E-state index is 5.59. The second kappa shape index (κ2) is 5.07. The molecule has 0 aliphatic rings. The molecule has 0 saturated heterocycles. The Morgan fingerprint density at radius 3 is 3.06 bits per heavy atom. The zero-order chi connectivity index (χ0) is 11.4. The number of aromatic nitrogens is 3. The van der Waals surface area contributed by atoms with Gasteiger partial charge in [-0.3, -0.25) is 4.98 Å². The molecule has 0 unspecified atom stereocenters. The van der Waals surface area contributed by atoms with Gasteiger partial charge in [0.1, 0.15) is 5.69 Å². The first kappa shape index (κ1) is 11.1. The number of hydrogen-bond donors (Lipinski definition) is 0. The smallest absolute Gasteiger partial charge is 0.227 e. The van der Waals surface area contributed by atoms with Crippen molar-refractivity contribution in [1.29, 1.82) is 0 Å². The van der Waals surface area contributed by atoms with Gasteiger partial charge in [-0.25, -0.2) is 0 Å². The summed E-state index contributed by atoms with van der Waals surface area (Å²) in [7, 11) is 0. The summed E-state index contributed by atoms with van der Waals surface area (Å²) < 4.78 is 5.10. The SMILES string of the molecule is Cc1ccnc(-c2noc(CCCCl)n2)c1. The van der Waals surface area contributed by atoms with Crippen LogP contribution in [0.5, 0.6) is 0 Å². The van der Waals surface area contributed by atoms with Crippen LogP contribution in [0.15, 0.2) is 22.9 Å². The van der Waals surface area contributed by atoms with Gasteiger partial charge in [-0.2, -0.15) is 4.98 Å². The van der Waals surface area contributed by atoms with E-state index in [2.05, 4.69) is 15.1 Å². The van der Waals surface area contributed by atoms with Gasteiger partial charge in [-0.05, 0) is 31.0 Å². The molecule has 2 rings (SSSR count). The molecule has 0 radical (unpaired) electrons. The lowest BCUT2D eigenvalue weighted by atomic mass is 10.2. The van der Waals surface area contributed by atoms with Gasteiger partial charge in [-0.15, -0.1) is 11.6 Å². The van der Waals surface area contributed by atoms with Gasteiger partial charge in [0.05, 0.1) is 0 Å². The highest BCUT2D eigenvalue weighted by Gasteiger charge is 2.09. The Morgan fingerprint density at radius 2 is 2.31 bits per heavy atom. The fourth-order valence-electron chi connectivity index (χ4n) is 1.34. The van der Waals surface area contributed by atoms with Crippen LogP contribution in [-0.2, 0) is 6.42 Å². The number of rotatable bonds is 4. The molecule has 16 heavy (non-hydrogen) atoms. The molecular formula is C11H12ClN3O. The van der Waals surface area contributed by atoms with E-state index in [0.29, 0.717) is 24.0 Å². The Bertz CT molecular complexity index is 470. The van der Waals surface area contributed by atoms with Crippen molar-refractivity contribution in [2.45, 2.75) is 19.8 Å². The number of nitrogens with zero attached hydrogens (tertiary/aromatic N) is 3. The van der Waals surface area contributed by atoms with Gasteiger partial charge in [0.25, 0.3) is 0 Å². The van der Waals surface area contributed by atoms with Crippen molar-refractivity contribution >= 4 is 11.6 Å². The van der Waals surface area contributed by atoms with Crippen LogP contribution in [0, 0.1) is 6.92 Å². The predicted molar refractivity (Wildman–Crippen MR) is 61.3 cm³/mol. The molecule has 0 aliphatic heterocycles. The molecule has 0 aromatic carbocycles. The molecule has 0 saturated carbocycles. The average molecular weight is 238 g/mol. The van der Waals surface area contributed by atoms with E-state index in [1.165, 1.54) is 0 Å². The van der Waals surface area contributed by atoms with Crippen LogP contribution >= 0.6 is 11.6 Å². The van der Waals surface area contributed by atoms with E-state index < -0.39 is 0 Å². The highest BCUT2D eigenvalue weighted by molar-refractivity contribution is 6.17. The Hall–Kier alpha value is -1.42. The number of hydrogen-bond acceptors (Lipinski definition) is 4. The standard InChI is InChI=1S/C11H12ClN3O/c1-8-4-6-13-9(7-8)11-14-10(16-15-11)3-2-5-12/h4,6-7H,2-3,5H2,1H3. The third kappa shape index (κ3) is 2.58. The van der Waals surface area contributed by atoms with Crippen LogP contribution < -0.4 is 0 Å². The zero-order valence-corrected chi connectivity index (χ0v) is 9.74. The molecule has 2 heterocycles. The topological polar surface area (TPSA) is 51.8 Å². The number of alkyl halides is 1. The Labute approximate surface area is 98.7 Å². The van der Waals surface area contributed by atoms with Crippen LogP contribution in [0.1, 0.15) is 17.9 Å². The fourth-order valence-corrected chi connectivity index (χ4v) is 1.47.